The van der Waals surface area contributed by atoms with Crippen LogP contribution in [0.25, 0.3) is 0 Å². The van der Waals surface area contributed by atoms with Crippen molar-refractivity contribution in [2.24, 2.45) is 7.05 Å². The molecule has 0 unspecified atom stereocenters. The van der Waals surface area contributed by atoms with Crippen LogP contribution in [0.15, 0.2) is 48.9 Å². The molecule has 3 rings (SSSR count). The molecule has 0 atom stereocenters. The maximum absolute atomic E-state index is 14.3. The lowest BCUT2D eigenvalue weighted by Gasteiger charge is -2.20. The molecule has 0 bridgehead atoms. The lowest BCUT2D eigenvalue weighted by atomic mass is 9.87. The zero-order valence-electron chi connectivity index (χ0n) is 15.7. The first-order valence-corrected chi connectivity index (χ1v) is 8.46. The summed E-state index contributed by atoms with van der Waals surface area (Å²) in [4.78, 5) is 16.3. The summed E-state index contributed by atoms with van der Waals surface area (Å²) >= 11 is 0. The first kappa shape index (κ1) is 18.6. The van der Waals surface area contributed by atoms with Crippen molar-refractivity contribution in [2.45, 2.75) is 26.2 Å². The molecule has 0 saturated heterocycles. The van der Waals surface area contributed by atoms with Crippen molar-refractivity contribution >= 4 is 11.7 Å². The predicted molar refractivity (Wildman–Crippen MR) is 101 cm³/mol. The molecule has 6 nitrogen and oxygen atoms in total. The number of hydrogen-bond acceptors (Lipinski definition) is 4. The fraction of sp³-hybridized carbons (Fsp3) is 0.250. The molecule has 0 fully saturated rings. The number of benzene rings is 1. The summed E-state index contributed by atoms with van der Waals surface area (Å²) in [6.45, 7) is 5.85. The molecule has 27 heavy (non-hydrogen) atoms. The number of nitrogens with zero attached hydrogens (tertiary/aromatic N) is 3. The number of hydrogen-bond donors (Lipinski definition) is 1. The van der Waals surface area contributed by atoms with Crippen molar-refractivity contribution in [3.05, 3.63) is 65.9 Å². The summed E-state index contributed by atoms with van der Waals surface area (Å²) in [6.07, 6.45) is 4.58. The smallest absolute Gasteiger partial charge is 0.260 e. The molecule has 7 heteroatoms. The van der Waals surface area contributed by atoms with Gasteiger partial charge in [-0.05, 0) is 23.1 Å². The van der Waals surface area contributed by atoms with Crippen LogP contribution in [0.5, 0.6) is 11.5 Å². The molecule has 0 saturated carbocycles. The molecule has 2 heterocycles. The maximum atomic E-state index is 14.3. The topological polar surface area (TPSA) is 69.0 Å². The van der Waals surface area contributed by atoms with E-state index in [0.29, 0.717) is 28.4 Å². The van der Waals surface area contributed by atoms with E-state index >= 15 is 0 Å². The van der Waals surface area contributed by atoms with E-state index in [0.717, 1.165) is 0 Å². The number of carbonyl (C=O) groups is 1. The zero-order chi connectivity index (χ0) is 19.6. The molecule has 1 N–H and O–H groups in total. The highest BCUT2D eigenvalue weighted by Crippen LogP contribution is 2.30. The number of ether oxygens (including phenoxy) is 1. The van der Waals surface area contributed by atoms with Crippen molar-refractivity contribution < 1.29 is 13.9 Å². The first-order valence-electron chi connectivity index (χ1n) is 8.46. The van der Waals surface area contributed by atoms with E-state index < -0.39 is 0 Å². The third-order valence-electron chi connectivity index (χ3n) is 3.92. The summed E-state index contributed by atoms with van der Waals surface area (Å²) < 4.78 is 21.6. The van der Waals surface area contributed by atoms with Crippen LogP contribution in [-0.2, 0) is 12.5 Å². The highest BCUT2D eigenvalue weighted by molar-refractivity contribution is 6.03. The van der Waals surface area contributed by atoms with Gasteiger partial charge in [-0.15, -0.1) is 0 Å². The molecule has 0 spiro atoms. The molecule has 140 valence electrons. The molecule has 1 amide bonds. The second-order valence-corrected chi connectivity index (χ2v) is 7.23. The molecule has 0 radical (unpaired) electrons. The van der Waals surface area contributed by atoms with E-state index in [1.54, 1.807) is 37.5 Å². The number of carbonyl (C=O) groups excluding carboxylic acids is 1. The average molecular weight is 368 g/mol. The van der Waals surface area contributed by atoms with Gasteiger partial charge in [0.25, 0.3) is 5.91 Å². The lowest BCUT2D eigenvalue weighted by molar-refractivity contribution is 0.102. The minimum absolute atomic E-state index is 0.289. The molecule has 1 aromatic carbocycles. The van der Waals surface area contributed by atoms with E-state index in [2.05, 4.69) is 15.4 Å². The highest BCUT2D eigenvalue weighted by Gasteiger charge is 2.19. The van der Waals surface area contributed by atoms with Gasteiger partial charge in [-0.3, -0.25) is 9.48 Å². The third-order valence-corrected chi connectivity index (χ3v) is 3.92. The normalized spacial score (nSPS) is 11.3. The summed E-state index contributed by atoms with van der Waals surface area (Å²) in [6, 6.07) is 8.00. The van der Waals surface area contributed by atoms with Gasteiger partial charge in [0.05, 0.1) is 11.8 Å². The number of amides is 1. The Bertz CT molecular complexity index is 976. The number of aryl methyl sites for hydroxylation is 1. The minimum Gasteiger partial charge on any atom is -0.457 e. The van der Waals surface area contributed by atoms with E-state index in [1.807, 2.05) is 20.8 Å². The quantitative estimate of drug-likeness (QED) is 0.746. The Morgan fingerprint density at radius 2 is 1.93 bits per heavy atom. The number of anilines is 1. The molecular formula is C20H21FN4O2. The van der Waals surface area contributed by atoms with Crippen molar-refractivity contribution in [1.29, 1.82) is 0 Å². The van der Waals surface area contributed by atoms with Gasteiger partial charge >= 0.3 is 0 Å². The van der Waals surface area contributed by atoms with Crippen LogP contribution in [0, 0.1) is 5.82 Å². The summed E-state index contributed by atoms with van der Waals surface area (Å²) in [5.74, 6) is 0.492. The molecule has 3 aromatic rings. The Morgan fingerprint density at radius 3 is 2.56 bits per heavy atom. The Labute approximate surface area is 157 Å². The Kier molecular flexibility index (Phi) is 4.94. The summed E-state index contributed by atoms with van der Waals surface area (Å²) in [5, 5.41) is 6.64. The molecule has 0 aliphatic carbocycles. The number of pyridine rings is 1. The van der Waals surface area contributed by atoms with Crippen LogP contribution in [0.3, 0.4) is 0 Å². The second-order valence-electron chi connectivity index (χ2n) is 7.23. The number of halogens is 1. The SMILES string of the molecule is Cn1cc(C(=O)Nc2cc(Oc3ccc(C(C)(C)C)c(F)c3)ccn2)cn1. The minimum atomic E-state index is -0.326. The predicted octanol–water partition coefficient (Wildman–Crippen LogP) is 4.30. The van der Waals surface area contributed by atoms with E-state index in [-0.39, 0.29) is 17.1 Å². The van der Waals surface area contributed by atoms with Gasteiger partial charge in [0, 0.05) is 31.6 Å². The monoisotopic (exact) mass is 368 g/mol. The van der Waals surface area contributed by atoms with Crippen LogP contribution in [-0.4, -0.2) is 20.7 Å². The Hall–Kier alpha value is -3.22. The number of nitrogens with one attached hydrogen (secondary N) is 1. The zero-order valence-corrected chi connectivity index (χ0v) is 15.7. The summed E-state index contributed by atoms with van der Waals surface area (Å²) in [7, 11) is 1.73. The fourth-order valence-electron chi connectivity index (χ4n) is 2.57. The summed E-state index contributed by atoms with van der Waals surface area (Å²) in [5.41, 5.74) is 0.753. The fourth-order valence-corrected chi connectivity index (χ4v) is 2.57. The average Bonchev–Trinajstić information content (AvgIpc) is 3.01. The molecule has 0 aliphatic heterocycles. The number of rotatable bonds is 4. The van der Waals surface area contributed by atoms with Crippen molar-refractivity contribution in [3.8, 4) is 11.5 Å². The Balaban J connectivity index is 1.74. The van der Waals surface area contributed by atoms with Gasteiger partial charge in [-0.2, -0.15) is 5.10 Å². The van der Waals surface area contributed by atoms with Crippen LogP contribution in [0.2, 0.25) is 0 Å². The lowest BCUT2D eigenvalue weighted by Crippen LogP contribution is -2.13. The Morgan fingerprint density at radius 1 is 1.19 bits per heavy atom. The number of aromatic nitrogens is 3. The standard InChI is InChI=1S/C20H21FN4O2/c1-20(2,3)16-6-5-14(9-17(16)21)27-15-7-8-22-18(10-15)24-19(26)13-11-23-25(4)12-13/h5-12H,1-4H3,(H,22,24,26). The van der Waals surface area contributed by atoms with Crippen LogP contribution >= 0.6 is 0 Å². The second kappa shape index (κ2) is 7.19. The van der Waals surface area contributed by atoms with Gasteiger partial charge in [0.2, 0.25) is 0 Å². The van der Waals surface area contributed by atoms with E-state index in [9.17, 15) is 9.18 Å². The van der Waals surface area contributed by atoms with Gasteiger partial charge in [-0.25, -0.2) is 9.37 Å². The first-order chi connectivity index (χ1) is 12.7. The largest absolute Gasteiger partial charge is 0.457 e. The highest BCUT2D eigenvalue weighted by atomic mass is 19.1. The third kappa shape index (κ3) is 4.49. The van der Waals surface area contributed by atoms with E-state index in [4.69, 9.17) is 4.74 Å². The molecule has 2 aromatic heterocycles. The van der Waals surface area contributed by atoms with Gasteiger partial charge in [0.15, 0.2) is 0 Å². The van der Waals surface area contributed by atoms with Crippen molar-refractivity contribution in [1.82, 2.24) is 14.8 Å². The van der Waals surface area contributed by atoms with Crippen molar-refractivity contribution in [3.63, 3.8) is 0 Å². The molecule has 0 aliphatic rings. The maximum Gasteiger partial charge on any atom is 0.260 e. The van der Waals surface area contributed by atoms with E-state index in [1.165, 1.54) is 23.1 Å². The van der Waals surface area contributed by atoms with Gasteiger partial charge in [-0.1, -0.05) is 26.8 Å². The van der Waals surface area contributed by atoms with Gasteiger partial charge < -0.3 is 10.1 Å². The molecular weight excluding hydrogens is 347 g/mol. The van der Waals surface area contributed by atoms with Crippen LogP contribution in [0.4, 0.5) is 10.2 Å². The van der Waals surface area contributed by atoms with Crippen LogP contribution < -0.4 is 10.1 Å². The van der Waals surface area contributed by atoms with Crippen LogP contribution in [0.1, 0.15) is 36.7 Å². The van der Waals surface area contributed by atoms with Crippen molar-refractivity contribution in [2.75, 3.05) is 5.32 Å². The van der Waals surface area contributed by atoms with Gasteiger partial charge in [0.1, 0.15) is 23.1 Å².